The summed E-state index contributed by atoms with van der Waals surface area (Å²) in [5.74, 6) is 0.633. The summed E-state index contributed by atoms with van der Waals surface area (Å²) in [5.41, 5.74) is 0.573. The van der Waals surface area contributed by atoms with E-state index in [1.165, 1.54) is 13.0 Å². The Bertz CT molecular complexity index is 899. The van der Waals surface area contributed by atoms with Crippen molar-refractivity contribution < 1.29 is 18.1 Å². The van der Waals surface area contributed by atoms with Gasteiger partial charge in [-0.05, 0) is 37.6 Å². The van der Waals surface area contributed by atoms with Crippen molar-refractivity contribution in [3.63, 3.8) is 0 Å². The first-order valence-corrected chi connectivity index (χ1v) is 9.26. The van der Waals surface area contributed by atoms with Gasteiger partial charge in [-0.15, -0.1) is 0 Å². The van der Waals surface area contributed by atoms with E-state index in [9.17, 15) is 18.5 Å². The van der Waals surface area contributed by atoms with Crippen LogP contribution < -0.4 is 9.46 Å². The quantitative estimate of drug-likeness (QED) is 0.582. The summed E-state index contributed by atoms with van der Waals surface area (Å²) in [5, 5.41) is 11.1. The molecule has 7 nitrogen and oxygen atoms in total. The minimum atomic E-state index is -3.96. The predicted octanol–water partition coefficient (Wildman–Crippen LogP) is 3.43. The zero-order valence-corrected chi connectivity index (χ0v) is 15.2. The molecule has 2 aromatic rings. The highest BCUT2D eigenvalue weighted by Gasteiger charge is 2.22. The molecule has 0 amide bonds. The molecule has 0 saturated heterocycles. The summed E-state index contributed by atoms with van der Waals surface area (Å²) < 4.78 is 32.6. The van der Waals surface area contributed by atoms with E-state index in [0.29, 0.717) is 17.9 Å². The van der Waals surface area contributed by atoms with Crippen LogP contribution in [-0.4, -0.2) is 19.9 Å². The van der Waals surface area contributed by atoms with Gasteiger partial charge in [0.25, 0.3) is 5.69 Å². The molecule has 1 N–H and O–H groups in total. The minimum absolute atomic E-state index is 0.0164. The summed E-state index contributed by atoms with van der Waals surface area (Å²) in [6.07, 6.45) is 0. The number of sulfonamides is 1. The number of rotatable bonds is 7. The molecule has 9 heteroatoms. The van der Waals surface area contributed by atoms with E-state index in [2.05, 4.69) is 4.72 Å². The third kappa shape index (κ3) is 4.68. The Kier molecular flexibility index (Phi) is 5.99. The summed E-state index contributed by atoms with van der Waals surface area (Å²) in [7, 11) is -3.96. The number of halogens is 1. The molecule has 0 bridgehead atoms. The van der Waals surface area contributed by atoms with Crippen molar-refractivity contribution in [3.8, 4) is 5.75 Å². The molecule has 2 rings (SSSR count). The van der Waals surface area contributed by atoms with Gasteiger partial charge >= 0.3 is 0 Å². The lowest BCUT2D eigenvalue weighted by Crippen LogP contribution is -2.23. The lowest BCUT2D eigenvalue weighted by atomic mass is 10.2. The molecule has 0 aliphatic rings. The van der Waals surface area contributed by atoms with Crippen LogP contribution in [0.2, 0.25) is 5.02 Å². The van der Waals surface area contributed by atoms with E-state index >= 15 is 0 Å². The fourth-order valence-corrected chi connectivity index (χ4v) is 3.50. The highest BCUT2D eigenvalue weighted by Crippen LogP contribution is 2.29. The molecule has 0 aromatic heterocycles. The third-order valence-electron chi connectivity index (χ3n) is 3.47. The smallest absolute Gasteiger partial charge is 0.275 e. The molecule has 0 radical (unpaired) electrons. The van der Waals surface area contributed by atoms with Gasteiger partial charge in [0.15, 0.2) is 0 Å². The standard InChI is InChI=1S/C16H17ClN2O5S/c1-3-24-13-6-4-5-12(7-13)10-18-25(22,23)14-8-15(17)11(2)16(9-14)19(20)21/h4-9,18H,3,10H2,1-2H3. The Morgan fingerprint density at radius 3 is 2.64 bits per heavy atom. The van der Waals surface area contributed by atoms with Gasteiger partial charge in [-0.3, -0.25) is 10.1 Å². The Hall–Kier alpha value is -2.16. The van der Waals surface area contributed by atoms with Gasteiger partial charge in [0.1, 0.15) is 5.75 Å². The van der Waals surface area contributed by atoms with Gasteiger partial charge in [-0.1, -0.05) is 23.7 Å². The van der Waals surface area contributed by atoms with E-state index < -0.39 is 14.9 Å². The summed E-state index contributed by atoms with van der Waals surface area (Å²) in [4.78, 5) is 10.1. The Balaban J connectivity index is 2.25. The van der Waals surface area contributed by atoms with E-state index in [4.69, 9.17) is 16.3 Å². The fourth-order valence-electron chi connectivity index (χ4n) is 2.16. The number of nitro benzene ring substituents is 1. The van der Waals surface area contributed by atoms with Crippen molar-refractivity contribution in [2.45, 2.75) is 25.3 Å². The van der Waals surface area contributed by atoms with Crippen LogP contribution >= 0.6 is 11.6 Å². The average molecular weight is 385 g/mol. The fraction of sp³-hybridized carbons (Fsp3) is 0.250. The average Bonchev–Trinajstić information content (AvgIpc) is 2.56. The number of nitrogens with zero attached hydrogens (tertiary/aromatic N) is 1. The van der Waals surface area contributed by atoms with E-state index in [1.807, 2.05) is 6.92 Å². The van der Waals surface area contributed by atoms with Gasteiger partial charge in [0, 0.05) is 18.2 Å². The summed E-state index contributed by atoms with van der Waals surface area (Å²) in [6.45, 7) is 3.83. The second-order valence-corrected chi connectivity index (χ2v) is 7.39. The third-order valence-corrected chi connectivity index (χ3v) is 5.25. The zero-order valence-electron chi connectivity index (χ0n) is 13.7. The van der Waals surface area contributed by atoms with Crippen molar-refractivity contribution in [2.24, 2.45) is 0 Å². The van der Waals surface area contributed by atoms with Crippen molar-refractivity contribution in [2.75, 3.05) is 6.61 Å². The first kappa shape index (κ1) is 19.2. The monoisotopic (exact) mass is 384 g/mol. The maximum absolute atomic E-state index is 12.4. The predicted molar refractivity (Wildman–Crippen MR) is 94.5 cm³/mol. The lowest BCUT2D eigenvalue weighted by molar-refractivity contribution is -0.385. The highest BCUT2D eigenvalue weighted by atomic mass is 35.5. The number of benzene rings is 2. The van der Waals surface area contributed by atoms with Crippen molar-refractivity contribution >= 4 is 27.3 Å². The Morgan fingerprint density at radius 2 is 2.00 bits per heavy atom. The van der Waals surface area contributed by atoms with Crippen LogP contribution in [0.3, 0.4) is 0 Å². The molecule has 0 fully saturated rings. The molecule has 0 spiro atoms. The van der Waals surface area contributed by atoms with E-state index in [0.717, 1.165) is 6.07 Å². The molecule has 0 saturated carbocycles. The Labute approximate surface area is 150 Å². The van der Waals surface area contributed by atoms with Crippen LogP contribution in [0.1, 0.15) is 18.1 Å². The lowest BCUT2D eigenvalue weighted by Gasteiger charge is -2.10. The highest BCUT2D eigenvalue weighted by molar-refractivity contribution is 7.89. The maximum Gasteiger partial charge on any atom is 0.275 e. The first-order valence-electron chi connectivity index (χ1n) is 7.40. The molecule has 25 heavy (non-hydrogen) atoms. The van der Waals surface area contributed by atoms with Crippen molar-refractivity contribution in [1.29, 1.82) is 0 Å². The molecular formula is C16H17ClN2O5S. The molecule has 0 atom stereocenters. The van der Waals surface area contributed by atoms with Crippen LogP contribution in [0.4, 0.5) is 5.69 Å². The van der Waals surface area contributed by atoms with Crippen LogP contribution in [0.15, 0.2) is 41.3 Å². The van der Waals surface area contributed by atoms with Gasteiger partial charge in [0.2, 0.25) is 10.0 Å². The summed E-state index contributed by atoms with van der Waals surface area (Å²) in [6, 6.07) is 9.18. The molecule has 2 aromatic carbocycles. The molecule has 0 aliphatic heterocycles. The normalized spacial score (nSPS) is 11.3. The Morgan fingerprint density at radius 1 is 1.28 bits per heavy atom. The molecule has 0 unspecified atom stereocenters. The second kappa shape index (κ2) is 7.81. The van der Waals surface area contributed by atoms with Gasteiger partial charge < -0.3 is 4.74 Å². The minimum Gasteiger partial charge on any atom is -0.494 e. The molecule has 0 aliphatic carbocycles. The maximum atomic E-state index is 12.4. The molecule has 134 valence electrons. The van der Waals surface area contributed by atoms with Crippen molar-refractivity contribution in [1.82, 2.24) is 4.72 Å². The molecule has 0 heterocycles. The van der Waals surface area contributed by atoms with Crippen LogP contribution in [0, 0.1) is 17.0 Å². The summed E-state index contributed by atoms with van der Waals surface area (Å²) >= 11 is 5.93. The largest absolute Gasteiger partial charge is 0.494 e. The van der Waals surface area contributed by atoms with E-state index in [1.54, 1.807) is 24.3 Å². The van der Waals surface area contributed by atoms with Crippen molar-refractivity contribution in [3.05, 3.63) is 62.7 Å². The SMILES string of the molecule is CCOc1cccc(CNS(=O)(=O)c2cc(Cl)c(C)c([N+](=O)[O-])c2)c1. The van der Waals surface area contributed by atoms with Gasteiger partial charge in [-0.25, -0.2) is 13.1 Å². The number of nitrogens with one attached hydrogen (secondary N) is 1. The van der Waals surface area contributed by atoms with Crippen LogP contribution in [-0.2, 0) is 16.6 Å². The first-order chi connectivity index (χ1) is 11.7. The van der Waals surface area contributed by atoms with Gasteiger partial charge in [-0.2, -0.15) is 0 Å². The zero-order chi connectivity index (χ0) is 18.6. The number of hydrogen-bond donors (Lipinski definition) is 1. The van der Waals surface area contributed by atoms with Gasteiger partial charge in [0.05, 0.1) is 21.4 Å². The topological polar surface area (TPSA) is 98.5 Å². The number of hydrogen-bond acceptors (Lipinski definition) is 5. The van der Waals surface area contributed by atoms with Crippen LogP contribution in [0.25, 0.3) is 0 Å². The second-order valence-electron chi connectivity index (χ2n) is 5.21. The molecular weight excluding hydrogens is 368 g/mol. The number of nitro groups is 1. The van der Waals surface area contributed by atoms with Crippen LogP contribution in [0.5, 0.6) is 5.75 Å². The number of ether oxygens (including phenoxy) is 1. The van der Waals surface area contributed by atoms with E-state index in [-0.39, 0.29) is 27.7 Å².